The SMILES string of the molecule is CC[Si](CC)(CC)OC(CCCC1(F)CCCC1)c1c(Cl)cc(F)cc1Cl. The monoisotopic (exact) mass is 436 g/mol. The predicted molar refractivity (Wildman–Crippen MR) is 114 cm³/mol. The van der Waals surface area contributed by atoms with Gasteiger partial charge in [0.15, 0.2) is 8.32 Å². The summed E-state index contributed by atoms with van der Waals surface area (Å²) in [6.45, 7) is 6.50. The highest BCUT2D eigenvalue weighted by Gasteiger charge is 2.36. The molecular weight excluding hydrogens is 405 g/mol. The fourth-order valence-corrected chi connectivity index (χ4v) is 7.83. The van der Waals surface area contributed by atoms with E-state index in [0.29, 0.717) is 47.7 Å². The molecule has 0 saturated heterocycles. The van der Waals surface area contributed by atoms with Gasteiger partial charge in [0.2, 0.25) is 0 Å². The summed E-state index contributed by atoms with van der Waals surface area (Å²) < 4.78 is 35.1. The highest BCUT2D eigenvalue weighted by atomic mass is 35.5. The van der Waals surface area contributed by atoms with E-state index in [0.717, 1.165) is 31.0 Å². The summed E-state index contributed by atoms with van der Waals surface area (Å²) in [5, 5.41) is 0.596. The average Bonchev–Trinajstić information content (AvgIpc) is 3.05. The van der Waals surface area contributed by atoms with Gasteiger partial charge in [-0.3, -0.25) is 0 Å². The summed E-state index contributed by atoms with van der Waals surface area (Å²) in [7, 11) is -1.93. The smallest absolute Gasteiger partial charge is 0.192 e. The van der Waals surface area contributed by atoms with Crippen LogP contribution in [-0.2, 0) is 4.43 Å². The molecule has 1 aromatic rings. The Labute approximate surface area is 173 Å². The molecule has 1 fully saturated rings. The van der Waals surface area contributed by atoms with E-state index in [1.807, 2.05) is 0 Å². The molecule has 0 radical (unpaired) electrons. The maximum Gasteiger partial charge on any atom is 0.192 e. The molecule has 0 aromatic heterocycles. The number of halogens is 4. The van der Waals surface area contributed by atoms with Crippen LogP contribution in [0.3, 0.4) is 0 Å². The highest BCUT2D eigenvalue weighted by Crippen LogP contribution is 2.42. The third-order valence-corrected chi connectivity index (χ3v) is 11.6. The van der Waals surface area contributed by atoms with Gasteiger partial charge in [0.05, 0.1) is 16.1 Å². The normalized spacial score (nSPS) is 18.0. The summed E-state index contributed by atoms with van der Waals surface area (Å²) in [5.74, 6) is -0.453. The van der Waals surface area contributed by atoms with Crippen molar-refractivity contribution in [3.05, 3.63) is 33.6 Å². The van der Waals surface area contributed by atoms with Gasteiger partial charge in [-0.15, -0.1) is 0 Å². The summed E-state index contributed by atoms with van der Waals surface area (Å²) in [6.07, 6.45) is 4.89. The van der Waals surface area contributed by atoms with Crippen LogP contribution in [-0.4, -0.2) is 14.0 Å². The van der Waals surface area contributed by atoms with E-state index in [4.69, 9.17) is 27.6 Å². The van der Waals surface area contributed by atoms with Gasteiger partial charge in [-0.2, -0.15) is 0 Å². The minimum atomic E-state index is -1.93. The van der Waals surface area contributed by atoms with Gasteiger partial charge in [0.25, 0.3) is 0 Å². The first-order chi connectivity index (χ1) is 12.8. The maximum atomic E-state index is 14.8. The third-order valence-electron chi connectivity index (χ3n) is 6.28. The summed E-state index contributed by atoms with van der Waals surface area (Å²) >= 11 is 12.7. The van der Waals surface area contributed by atoms with E-state index < -0.39 is 19.8 Å². The molecule has 1 saturated carbocycles. The van der Waals surface area contributed by atoms with Crippen LogP contribution in [0.2, 0.25) is 28.2 Å². The fraction of sp³-hybridized carbons (Fsp3) is 0.714. The molecule has 0 amide bonds. The number of benzene rings is 1. The molecule has 0 N–H and O–H groups in total. The van der Waals surface area contributed by atoms with Crippen molar-refractivity contribution < 1.29 is 13.2 Å². The molecule has 0 heterocycles. The fourth-order valence-electron chi connectivity index (χ4n) is 4.29. The van der Waals surface area contributed by atoms with Gasteiger partial charge in [-0.25, -0.2) is 8.78 Å². The predicted octanol–water partition coefficient (Wildman–Crippen LogP) is 8.65. The van der Waals surface area contributed by atoms with E-state index in [1.165, 1.54) is 12.1 Å². The Hall–Kier alpha value is -0.163. The van der Waals surface area contributed by atoms with Crippen LogP contribution >= 0.6 is 23.2 Å². The first kappa shape index (κ1) is 23.1. The van der Waals surface area contributed by atoms with Crippen LogP contribution in [0.1, 0.15) is 77.4 Å². The Morgan fingerprint density at radius 3 is 2.07 bits per heavy atom. The molecule has 1 aliphatic rings. The van der Waals surface area contributed by atoms with E-state index in [1.54, 1.807) is 0 Å². The molecule has 154 valence electrons. The molecule has 27 heavy (non-hydrogen) atoms. The second-order valence-electron chi connectivity index (χ2n) is 7.88. The second kappa shape index (κ2) is 10.0. The average molecular weight is 437 g/mol. The van der Waals surface area contributed by atoms with Crippen molar-refractivity contribution in [3.63, 3.8) is 0 Å². The first-order valence-electron chi connectivity index (χ1n) is 10.3. The van der Waals surface area contributed by atoms with Gasteiger partial charge in [0.1, 0.15) is 11.5 Å². The van der Waals surface area contributed by atoms with E-state index in [2.05, 4.69) is 20.8 Å². The van der Waals surface area contributed by atoms with Gasteiger partial charge < -0.3 is 4.43 Å². The van der Waals surface area contributed by atoms with Crippen molar-refractivity contribution in [2.75, 3.05) is 0 Å². The van der Waals surface area contributed by atoms with E-state index in [9.17, 15) is 8.78 Å². The molecule has 0 aliphatic heterocycles. The highest BCUT2D eigenvalue weighted by molar-refractivity contribution is 6.73. The van der Waals surface area contributed by atoms with Crippen LogP contribution < -0.4 is 0 Å². The summed E-state index contributed by atoms with van der Waals surface area (Å²) in [4.78, 5) is 0. The lowest BCUT2D eigenvalue weighted by Gasteiger charge is -2.34. The molecular formula is C21H32Cl2F2OSi. The van der Waals surface area contributed by atoms with E-state index in [-0.39, 0.29) is 6.10 Å². The zero-order chi connectivity index (χ0) is 20.1. The lowest BCUT2D eigenvalue weighted by molar-refractivity contribution is 0.132. The van der Waals surface area contributed by atoms with Crippen molar-refractivity contribution in [2.45, 2.75) is 95.6 Å². The van der Waals surface area contributed by atoms with Gasteiger partial charge >= 0.3 is 0 Å². The summed E-state index contributed by atoms with van der Waals surface area (Å²) in [5.41, 5.74) is -0.373. The zero-order valence-electron chi connectivity index (χ0n) is 16.7. The molecule has 1 nitrogen and oxygen atoms in total. The van der Waals surface area contributed by atoms with Crippen LogP contribution in [0.15, 0.2) is 12.1 Å². The third kappa shape index (κ3) is 5.91. The number of hydrogen-bond acceptors (Lipinski definition) is 1. The summed E-state index contributed by atoms with van der Waals surface area (Å²) in [6, 6.07) is 5.58. The van der Waals surface area contributed by atoms with Gasteiger partial charge in [-0.1, -0.05) is 56.8 Å². The molecule has 0 bridgehead atoms. The molecule has 1 unspecified atom stereocenters. The minimum absolute atomic E-state index is 0.298. The molecule has 1 atom stereocenters. The Balaban J connectivity index is 2.23. The Morgan fingerprint density at radius 1 is 1.07 bits per heavy atom. The van der Waals surface area contributed by atoms with Crippen molar-refractivity contribution in [1.82, 2.24) is 0 Å². The Bertz CT molecular complexity index is 585. The Morgan fingerprint density at radius 2 is 1.59 bits per heavy atom. The van der Waals surface area contributed by atoms with E-state index >= 15 is 0 Å². The molecule has 6 heteroatoms. The quantitative estimate of drug-likeness (QED) is 0.333. The van der Waals surface area contributed by atoms with Crippen LogP contribution in [0.5, 0.6) is 0 Å². The number of alkyl halides is 1. The topological polar surface area (TPSA) is 9.23 Å². The second-order valence-corrected chi connectivity index (χ2v) is 13.4. The van der Waals surface area contributed by atoms with Crippen molar-refractivity contribution in [3.8, 4) is 0 Å². The van der Waals surface area contributed by atoms with Gasteiger partial charge in [-0.05, 0) is 62.4 Å². The van der Waals surface area contributed by atoms with Crippen LogP contribution in [0.4, 0.5) is 8.78 Å². The van der Waals surface area contributed by atoms with Crippen molar-refractivity contribution in [2.24, 2.45) is 0 Å². The molecule has 1 aromatic carbocycles. The number of hydrogen-bond donors (Lipinski definition) is 0. The standard InChI is InChI=1S/C21H32Cl2F2OSi/c1-4-27(5-2,6-3)26-19(10-9-13-21(25)11-7-8-12-21)20-17(22)14-16(24)15-18(20)23/h14-15,19H,4-13H2,1-3H3. The molecule has 1 aliphatic carbocycles. The zero-order valence-corrected chi connectivity index (χ0v) is 19.2. The molecule has 2 rings (SSSR count). The van der Waals surface area contributed by atoms with Crippen molar-refractivity contribution >= 4 is 31.5 Å². The Kier molecular flexibility index (Phi) is 8.60. The number of rotatable bonds is 10. The first-order valence-corrected chi connectivity index (χ1v) is 13.6. The lowest BCUT2D eigenvalue weighted by Crippen LogP contribution is -2.37. The largest absolute Gasteiger partial charge is 0.410 e. The van der Waals surface area contributed by atoms with Crippen molar-refractivity contribution in [1.29, 1.82) is 0 Å². The van der Waals surface area contributed by atoms with Crippen LogP contribution in [0, 0.1) is 5.82 Å². The van der Waals surface area contributed by atoms with Crippen LogP contribution in [0.25, 0.3) is 0 Å². The minimum Gasteiger partial charge on any atom is -0.410 e. The van der Waals surface area contributed by atoms with Gasteiger partial charge in [0, 0.05) is 5.56 Å². The lowest BCUT2D eigenvalue weighted by atomic mass is 9.94. The molecule has 0 spiro atoms. The maximum absolute atomic E-state index is 14.8.